The molecule has 27 heavy (non-hydrogen) atoms. The second kappa shape index (κ2) is 8.36. The maximum atomic E-state index is 12.6. The van der Waals surface area contributed by atoms with Crippen LogP contribution in [-0.2, 0) is 6.54 Å². The summed E-state index contributed by atoms with van der Waals surface area (Å²) in [6.45, 7) is 3.35. The molecule has 1 N–H and O–H groups in total. The van der Waals surface area contributed by atoms with Gasteiger partial charge < -0.3 is 5.32 Å². The summed E-state index contributed by atoms with van der Waals surface area (Å²) >= 11 is 0. The Morgan fingerprint density at radius 3 is 2.26 bits per heavy atom. The van der Waals surface area contributed by atoms with Crippen molar-refractivity contribution in [2.45, 2.75) is 32.2 Å². The van der Waals surface area contributed by atoms with Crippen LogP contribution < -0.4 is 5.32 Å². The van der Waals surface area contributed by atoms with E-state index < -0.39 is 0 Å². The molecule has 1 aliphatic rings. The molecule has 3 aromatic rings. The molecule has 0 bridgehead atoms. The summed E-state index contributed by atoms with van der Waals surface area (Å²) in [5.74, 6) is -0.0633. The lowest BCUT2D eigenvalue weighted by atomic mass is 10.1. The standard InChI is InChI=1S/C24H26N2O/c27-24(25-23-14-13-20-7-3-4-8-22(20)17-23)21-11-9-19(10-12-21)18-26-15-5-1-2-6-16-26/h3-4,7-14,17H,1-2,5-6,15-16,18H2,(H,25,27). The van der Waals surface area contributed by atoms with E-state index in [1.807, 2.05) is 42.5 Å². The van der Waals surface area contributed by atoms with Gasteiger partial charge in [0, 0.05) is 17.8 Å². The fraction of sp³-hybridized carbons (Fsp3) is 0.292. The number of carbonyl (C=O) groups excluding carboxylic acids is 1. The Labute approximate surface area is 161 Å². The Kier molecular flexibility index (Phi) is 5.50. The molecule has 0 unspecified atom stereocenters. The zero-order valence-corrected chi connectivity index (χ0v) is 15.7. The van der Waals surface area contributed by atoms with Crippen LogP contribution in [0.15, 0.2) is 66.7 Å². The highest BCUT2D eigenvalue weighted by atomic mass is 16.1. The molecular weight excluding hydrogens is 332 g/mol. The van der Waals surface area contributed by atoms with Crippen molar-refractivity contribution in [3.05, 3.63) is 77.9 Å². The van der Waals surface area contributed by atoms with Crippen molar-refractivity contribution >= 4 is 22.4 Å². The first kappa shape index (κ1) is 17.7. The van der Waals surface area contributed by atoms with Crippen molar-refractivity contribution in [2.24, 2.45) is 0 Å². The Morgan fingerprint density at radius 1 is 0.815 bits per heavy atom. The maximum absolute atomic E-state index is 12.6. The molecule has 0 aromatic heterocycles. The van der Waals surface area contributed by atoms with Gasteiger partial charge in [0.1, 0.15) is 0 Å². The molecular formula is C24H26N2O. The van der Waals surface area contributed by atoms with Crippen molar-refractivity contribution < 1.29 is 4.79 Å². The summed E-state index contributed by atoms with van der Waals surface area (Å²) in [7, 11) is 0. The number of benzene rings is 3. The van der Waals surface area contributed by atoms with Gasteiger partial charge in [-0.3, -0.25) is 9.69 Å². The number of carbonyl (C=O) groups is 1. The Bertz CT molecular complexity index is 909. The summed E-state index contributed by atoms with van der Waals surface area (Å²) in [4.78, 5) is 15.1. The lowest BCUT2D eigenvalue weighted by Gasteiger charge is -2.19. The smallest absolute Gasteiger partial charge is 0.255 e. The Balaban J connectivity index is 1.40. The highest BCUT2D eigenvalue weighted by molar-refractivity contribution is 6.05. The fourth-order valence-corrected chi connectivity index (χ4v) is 3.78. The molecule has 0 spiro atoms. The molecule has 1 saturated heterocycles. The number of likely N-dealkylation sites (tertiary alicyclic amines) is 1. The molecule has 0 aliphatic carbocycles. The van der Waals surface area contributed by atoms with E-state index >= 15 is 0 Å². The monoisotopic (exact) mass is 358 g/mol. The zero-order valence-electron chi connectivity index (χ0n) is 15.7. The quantitative estimate of drug-likeness (QED) is 0.671. The molecule has 1 heterocycles. The van der Waals surface area contributed by atoms with Gasteiger partial charge in [0.2, 0.25) is 0 Å². The molecule has 3 aromatic carbocycles. The number of nitrogens with zero attached hydrogens (tertiary/aromatic N) is 1. The van der Waals surface area contributed by atoms with Gasteiger partial charge in [0.05, 0.1) is 0 Å². The second-order valence-corrected chi connectivity index (χ2v) is 7.40. The Morgan fingerprint density at radius 2 is 1.52 bits per heavy atom. The van der Waals surface area contributed by atoms with Gasteiger partial charge >= 0.3 is 0 Å². The first-order chi connectivity index (χ1) is 13.3. The molecule has 0 radical (unpaired) electrons. The van der Waals surface area contributed by atoms with Crippen LogP contribution in [0, 0.1) is 0 Å². The van der Waals surface area contributed by atoms with Gasteiger partial charge in [-0.15, -0.1) is 0 Å². The van der Waals surface area contributed by atoms with Crippen LogP contribution >= 0.6 is 0 Å². The lowest BCUT2D eigenvalue weighted by molar-refractivity contribution is 0.102. The first-order valence-electron chi connectivity index (χ1n) is 9.89. The average molecular weight is 358 g/mol. The van der Waals surface area contributed by atoms with E-state index in [-0.39, 0.29) is 5.91 Å². The average Bonchev–Trinajstić information content (AvgIpc) is 2.97. The number of rotatable bonds is 4. The highest BCUT2D eigenvalue weighted by Gasteiger charge is 2.11. The van der Waals surface area contributed by atoms with Crippen LogP contribution in [0.25, 0.3) is 10.8 Å². The van der Waals surface area contributed by atoms with Gasteiger partial charge in [-0.2, -0.15) is 0 Å². The molecule has 4 rings (SSSR count). The van der Waals surface area contributed by atoms with Gasteiger partial charge in [0.25, 0.3) is 5.91 Å². The summed E-state index contributed by atoms with van der Waals surface area (Å²) in [5.41, 5.74) is 2.80. The topological polar surface area (TPSA) is 32.3 Å². The number of anilines is 1. The lowest BCUT2D eigenvalue weighted by Crippen LogP contribution is -2.24. The number of amides is 1. The molecule has 0 saturated carbocycles. The highest BCUT2D eigenvalue weighted by Crippen LogP contribution is 2.20. The molecule has 1 aliphatic heterocycles. The van der Waals surface area contributed by atoms with Gasteiger partial charge in [-0.1, -0.05) is 55.3 Å². The number of hydrogen-bond acceptors (Lipinski definition) is 2. The minimum absolute atomic E-state index is 0.0633. The summed E-state index contributed by atoms with van der Waals surface area (Å²) in [6, 6.07) is 22.2. The minimum atomic E-state index is -0.0633. The van der Waals surface area contributed by atoms with E-state index in [2.05, 4.69) is 34.5 Å². The molecule has 1 fully saturated rings. The van der Waals surface area contributed by atoms with Crippen molar-refractivity contribution in [1.82, 2.24) is 4.90 Å². The van der Waals surface area contributed by atoms with Crippen LogP contribution in [0.4, 0.5) is 5.69 Å². The Hall–Kier alpha value is -2.65. The van der Waals surface area contributed by atoms with E-state index in [9.17, 15) is 4.79 Å². The van der Waals surface area contributed by atoms with Crippen molar-refractivity contribution in [3.63, 3.8) is 0 Å². The predicted octanol–water partition coefficient (Wildman–Crippen LogP) is 5.47. The van der Waals surface area contributed by atoms with Crippen LogP contribution in [0.3, 0.4) is 0 Å². The SMILES string of the molecule is O=C(Nc1ccc2ccccc2c1)c1ccc(CN2CCCCCC2)cc1. The number of hydrogen-bond donors (Lipinski definition) is 1. The van der Waals surface area contributed by atoms with Crippen molar-refractivity contribution in [2.75, 3.05) is 18.4 Å². The predicted molar refractivity (Wildman–Crippen MR) is 112 cm³/mol. The van der Waals surface area contributed by atoms with Crippen LogP contribution in [0.1, 0.15) is 41.6 Å². The fourth-order valence-electron chi connectivity index (χ4n) is 3.78. The van der Waals surface area contributed by atoms with E-state index in [4.69, 9.17) is 0 Å². The van der Waals surface area contributed by atoms with Crippen LogP contribution in [0.5, 0.6) is 0 Å². The largest absolute Gasteiger partial charge is 0.322 e. The molecule has 138 valence electrons. The van der Waals surface area contributed by atoms with Crippen LogP contribution in [0.2, 0.25) is 0 Å². The third-order valence-corrected chi connectivity index (χ3v) is 5.33. The summed E-state index contributed by atoms with van der Waals surface area (Å²) < 4.78 is 0. The van der Waals surface area contributed by atoms with E-state index in [0.717, 1.165) is 17.6 Å². The van der Waals surface area contributed by atoms with E-state index in [1.54, 1.807) is 0 Å². The van der Waals surface area contributed by atoms with Crippen molar-refractivity contribution in [3.8, 4) is 0 Å². The number of nitrogens with one attached hydrogen (secondary N) is 1. The van der Waals surface area contributed by atoms with Gasteiger partial charge in [-0.25, -0.2) is 0 Å². The third kappa shape index (κ3) is 4.55. The zero-order chi connectivity index (χ0) is 18.5. The normalized spacial score (nSPS) is 15.4. The maximum Gasteiger partial charge on any atom is 0.255 e. The van der Waals surface area contributed by atoms with E-state index in [0.29, 0.717) is 5.56 Å². The van der Waals surface area contributed by atoms with Crippen molar-refractivity contribution in [1.29, 1.82) is 0 Å². The van der Waals surface area contributed by atoms with Gasteiger partial charge in [-0.05, 0) is 66.5 Å². The third-order valence-electron chi connectivity index (χ3n) is 5.33. The number of fused-ring (bicyclic) bond motifs is 1. The summed E-state index contributed by atoms with van der Waals surface area (Å²) in [6.07, 6.45) is 5.30. The molecule has 3 nitrogen and oxygen atoms in total. The summed E-state index contributed by atoms with van der Waals surface area (Å²) in [5, 5.41) is 5.31. The first-order valence-corrected chi connectivity index (χ1v) is 9.89. The second-order valence-electron chi connectivity index (χ2n) is 7.40. The van der Waals surface area contributed by atoms with E-state index in [1.165, 1.54) is 49.7 Å². The molecule has 3 heteroatoms. The van der Waals surface area contributed by atoms with Crippen LogP contribution in [-0.4, -0.2) is 23.9 Å². The minimum Gasteiger partial charge on any atom is -0.322 e. The van der Waals surface area contributed by atoms with Gasteiger partial charge in [0.15, 0.2) is 0 Å². The molecule has 0 atom stereocenters. The molecule has 1 amide bonds.